The zero-order valence-corrected chi connectivity index (χ0v) is 31.2. The van der Waals surface area contributed by atoms with Gasteiger partial charge in [-0.3, -0.25) is 19.5 Å². The van der Waals surface area contributed by atoms with Gasteiger partial charge in [-0.1, -0.05) is 53.7 Å². The SMILES string of the molecule is Cc1cc(C=NCCN=Cc2cc(C(C)(C)C)cc(C(C)(C)C)c2O)c(O)c(CCCN2CCC[N+]3=C2CCCCC3)c1.[CH3-].[CH3-].[Co]. The summed E-state index contributed by atoms with van der Waals surface area (Å²) in [6.45, 7) is 20.6. The molecule has 1 radical (unpaired) electrons. The van der Waals surface area contributed by atoms with Crippen LogP contribution in [0.2, 0.25) is 0 Å². The molecule has 2 heterocycles. The Balaban J connectivity index is 0.00000353. The van der Waals surface area contributed by atoms with Gasteiger partial charge >= 0.3 is 0 Å². The average Bonchev–Trinajstić information content (AvgIpc) is 3.18. The number of amidine groups is 1. The molecule has 2 aromatic carbocycles. The molecule has 0 fully saturated rings. The van der Waals surface area contributed by atoms with Crippen molar-refractivity contribution in [2.24, 2.45) is 9.98 Å². The first kappa shape index (κ1) is 41.4. The van der Waals surface area contributed by atoms with E-state index in [4.69, 9.17) is 0 Å². The molecule has 259 valence electrons. The summed E-state index contributed by atoms with van der Waals surface area (Å²) in [4.78, 5) is 11.8. The first-order valence-electron chi connectivity index (χ1n) is 16.4. The van der Waals surface area contributed by atoms with Crippen molar-refractivity contribution in [2.75, 3.05) is 39.3 Å². The molecule has 7 heteroatoms. The maximum atomic E-state index is 11.1. The molecule has 0 aromatic heterocycles. The molecule has 0 aliphatic carbocycles. The van der Waals surface area contributed by atoms with Crippen LogP contribution in [0.4, 0.5) is 0 Å². The van der Waals surface area contributed by atoms with E-state index in [0.717, 1.165) is 53.7 Å². The van der Waals surface area contributed by atoms with Crippen molar-refractivity contribution in [3.05, 3.63) is 72.5 Å². The van der Waals surface area contributed by atoms with Gasteiger partial charge in [0.25, 0.3) is 0 Å². The molecule has 4 rings (SSSR count). The predicted octanol–water partition coefficient (Wildman–Crippen LogP) is 8.06. The molecule has 0 unspecified atom stereocenters. The third-order valence-electron chi connectivity index (χ3n) is 8.78. The minimum atomic E-state index is -0.171. The van der Waals surface area contributed by atoms with Crippen LogP contribution < -0.4 is 0 Å². The van der Waals surface area contributed by atoms with Crippen LogP contribution in [0.1, 0.15) is 113 Å². The number of hydrogen-bond donors (Lipinski definition) is 2. The minimum absolute atomic E-state index is 0. The fourth-order valence-electron chi connectivity index (χ4n) is 6.31. The summed E-state index contributed by atoms with van der Waals surface area (Å²) in [5, 5.41) is 22.1. The van der Waals surface area contributed by atoms with Crippen molar-refractivity contribution in [2.45, 2.75) is 104 Å². The molecule has 2 N–H and O–H groups in total. The van der Waals surface area contributed by atoms with E-state index in [1.807, 2.05) is 12.1 Å². The Morgan fingerprint density at radius 3 is 2.07 bits per heavy atom. The normalized spacial score (nSPS) is 15.7. The van der Waals surface area contributed by atoms with Gasteiger partial charge in [-0.25, -0.2) is 0 Å². The molecular formula is C39H61CoN4O2-. The maximum Gasteiger partial charge on any atom is 0.246 e. The van der Waals surface area contributed by atoms with Gasteiger partial charge in [-0.05, 0) is 78.7 Å². The molecule has 0 amide bonds. The molecule has 46 heavy (non-hydrogen) atoms. The number of hydrogen-bond acceptors (Lipinski definition) is 5. The van der Waals surface area contributed by atoms with Gasteiger partial charge in [0.15, 0.2) is 0 Å². The van der Waals surface area contributed by atoms with Crippen LogP contribution in [0, 0.1) is 21.8 Å². The van der Waals surface area contributed by atoms with Crippen LogP contribution in [-0.4, -0.2) is 77.2 Å². The van der Waals surface area contributed by atoms with E-state index in [-0.39, 0.29) is 42.5 Å². The van der Waals surface area contributed by atoms with Crippen LogP contribution in [0.15, 0.2) is 34.3 Å². The number of phenolic OH excluding ortho intramolecular Hbond substituents is 2. The summed E-state index contributed by atoms with van der Waals surface area (Å²) in [6.07, 6.45) is 11.9. The Bertz CT molecular complexity index is 1370. The van der Waals surface area contributed by atoms with Gasteiger partial charge < -0.3 is 25.1 Å². The number of phenols is 2. The molecule has 0 saturated carbocycles. The second-order valence-corrected chi connectivity index (χ2v) is 14.6. The smallest absolute Gasteiger partial charge is 0.246 e. The first-order valence-corrected chi connectivity index (χ1v) is 16.4. The molecule has 0 spiro atoms. The van der Waals surface area contributed by atoms with Crippen molar-refractivity contribution in [1.82, 2.24) is 4.90 Å². The Labute approximate surface area is 291 Å². The van der Waals surface area contributed by atoms with E-state index in [1.165, 1.54) is 50.8 Å². The Morgan fingerprint density at radius 2 is 1.43 bits per heavy atom. The van der Waals surface area contributed by atoms with Crippen molar-refractivity contribution < 1.29 is 31.6 Å². The van der Waals surface area contributed by atoms with Crippen LogP contribution >= 0.6 is 0 Å². The van der Waals surface area contributed by atoms with E-state index >= 15 is 0 Å². The topological polar surface area (TPSA) is 71.4 Å². The Kier molecular flexibility index (Phi) is 16.2. The standard InChI is InChI=1S/C37H54N4O2.2CH3.Co/c1-27-21-28(13-11-18-41-20-12-19-40-17-10-8-9-14-33(40)41)34(42)29(22-27)25-38-15-16-39-26-30-23-31(36(2,3)4)24-32(35(30)43)37(5,6)7;;;/h21-26H,8-20H2,1-7H3,(H-,38,39,42,43);2*1H3;/q;2*-1;/p+1. The number of rotatable bonds is 9. The van der Waals surface area contributed by atoms with E-state index in [2.05, 4.69) is 80.1 Å². The molecule has 6 nitrogen and oxygen atoms in total. The van der Waals surface area contributed by atoms with Gasteiger partial charge in [0.2, 0.25) is 5.84 Å². The Morgan fingerprint density at radius 1 is 0.804 bits per heavy atom. The van der Waals surface area contributed by atoms with Gasteiger partial charge in [0, 0.05) is 58.7 Å². The second kappa shape index (κ2) is 18.0. The number of aliphatic imine (C=N–C) groups is 2. The minimum Gasteiger partial charge on any atom is -0.507 e. The molecular weight excluding hydrogens is 615 g/mol. The Hall–Kier alpha value is -2.64. The zero-order valence-electron chi connectivity index (χ0n) is 30.2. The first-order chi connectivity index (χ1) is 20.3. The van der Waals surface area contributed by atoms with Gasteiger partial charge in [0.1, 0.15) is 11.5 Å². The number of aryl methyl sites for hydroxylation is 2. The van der Waals surface area contributed by atoms with Crippen molar-refractivity contribution in [3.63, 3.8) is 0 Å². The van der Waals surface area contributed by atoms with Gasteiger partial charge in [-0.2, -0.15) is 0 Å². The molecule has 0 saturated heterocycles. The van der Waals surface area contributed by atoms with E-state index < -0.39 is 0 Å². The third-order valence-corrected chi connectivity index (χ3v) is 8.78. The van der Waals surface area contributed by atoms with Crippen LogP contribution in [0.5, 0.6) is 11.5 Å². The predicted molar refractivity (Wildman–Crippen MR) is 194 cm³/mol. The molecule has 2 aliphatic heterocycles. The maximum absolute atomic E-state index is 11.1. The van der Waals surface area contributed by atoms with E-state index in [9.17, 15) is 10.2 Å². The number of benzene rings is 2. The van der Waals surface area contributed by atoms with Crippen molar-refractivity contribution in [3.8, 4) is 11.5 Å². The second-order valence-electron chi connectivity index (χ2n) is 14.6. The van der Waals surface area contributed by atoms with Crippen LogP contribution in [0.25, 0.3) is 0 Å². The molecule has 2 aliphatic rings. The van der Waals surface area contributed by atoms with Gasteiger partial charge in [-0.15, -0.1) is 0 Å². The summed E-state index contributed by atoms with van der Waals surface area (Å²) in [7, 11) is 0. The summed E-state index contributed by atoms with van der Waals surface area (Å²) >= 11 is 0. The fraction of sp³-hybridized carbons (Fsp3) is 0.564. The summed E-state index contributed by atoms with van der Waals surface area (Å²) < 4.78 is 2.62. The third kappa shape index (κ3) is 11.0. The number of nitrogens with zero attached hydrogens (tertiary/aromatic N) is 4. The summed E-state index contributed by atoms with van der Waals surface area (Å²) in [5.74, 6) is 2.20. The summed E-state index contributed by atoms with van der Waals surface area (Å²) in [6, 6.07) is 8.28. The van der Waals surface area contributed by atoms with Crippen LogP contribution in [0.3, 0.4) is 0 Å². The van der Waals surface area contributed by atoms with E-state index in [0.29, 0.717) is 24.6 Å². The fourth-order valence-corrected chi connectivity index (χ4v) is 6.31. The summed E-state index contributed by atoms with van der Waals surface area (Å²) in [5.41, 5.74) is 5.57. The number of aromatic hydroxyl groups is 2. The molecule has 0 bridgehead atoms. The van der Waals surface area contributed by atoms with Gasteiger partial charge in [0.05, 0.1) is 39.3 Å². The molecule has 0 atom stereocenters. The van der Waals surface area contributed by atoms with Crippen molar-refractivity contribution in [1.29, 1.82) is 0 Å². The van der Waals surface area contributed by atoms with E-state index in [1.54, 1.807) is 18.3 Å². The van der Waals surface area contributed by atoms with Crippen LogP contribution in [-0.2, 0) is 34.0 Å². The molecule has 2 aromatic rings. The monoisotopic (exact) mass is 676 g/mol. The largest absolute Gasteiger partial charge is 0.507 e. The zero-order chi connectivity index (χ0) is 31.2. The van der Waals surface area contributed by atoms with Crippen molar-refractivity contribution >= 4 is 18.3 Å². The quantitative estimate of drug-likeness (QED) is 0.122. The average molecular weight is 677 g/mol.